The third kappa shape index (κ3) is 3.95. The van der Waals surface area contributed by atoms with Crippen LogP contribution in [-0.4, -0.2) is 23.7 Å². The van der Waals surface area contributed by atoms with Gasteiger partial charge >= 0.3 is 0 Å². The molecule has 22 heavy (non-hydrogen) atoms. The zero-order valence-corrected chi connectivity index (χ0v) is 13.3. The standard InChI is InChI=1S/C19H23NO2/c1-19(2,3)17(21)13-20-18(22)16-12-8-7-11-15(16)14-9-5-4-6-10-14/h4-12,17,21H,13H2,1-3H3,(H,20,22). The van der Waals surface area contributed by atoms with Crippen molar-refractivity contribution in [3.8, 4) is 11.1 Å². The van der Waals surface area contributed by atoms with Gasteiger partial charge in [-0.05, 0) is 22.6 Å². The van der Waals surface area contributed by atoms with Crippen LogP contribution < -0.4 is 5.32 Å². The van der Waals surface area contributed by atoms with Gasteiger partial charge in [-0.15, -0.1) is 0 Å². The maximum atomic E-state index is 12.4. The van der Waals surface area contributed by atoms with Crippen LogP contribution in [-0.2, 0) is 0 Å². The van der Waals surface area contributed by atoms with Crippen molar-refractivity contribution in [3.63, 3.8) is 0 Å². The lowest BCUT2D eigenvalue weighted by Gasteiger charge is -2.26. The van der Waals surface area contributed by atoms with E-state index in [9.17, 15) is 9.90 Å². The highest BCUT2D eigenvalue weighted by atomic mass is 16.3. The predicted octanol–water partition coefficient (Wildman–Crippen LogP) is 3.49. The number of benzene rings is 2. The van der Waals surface area contributed by atoms with E-state index in [2.05, 4.69) is 5.32 Å². The molecule has 0 fully saturated rings. The SMILES string of the molecule is CC(C)(C)C(O)CNC(=O)c1ccccc1-c1ccccc1. The summed E-state index contributed by atoms with van der Waals surface area (Å²) in [6.07, 6.45) is -0.583. The molecule has 0 aromatic heterocycles. The Morgan fingerprint density at radius 2 is 1.64 bits per heavy atom. The summed E-state index contributed by atoms with van der Waals surface area (Å²) in [6, 6.07) is 17.3. The van der Waals surface area contributed by atoms with Crippen LogP contribution in [0.4, 0.5) is 0 Å². The van der Waals surface area contributed by atoms with Gasteiger partial charge in [-0.25, -0.2) is 0 Å². The van der Waals surface area contributed by atoms with Crippen LogP contribution >= 0.6 is 0 Å². The summed E-state index contributed by atoms with van der Waals surface area (Å²) in [5.74, 6) is -0.164. The molecule has 0 spiro atoms. The fraction of sp³-hybridized carbons (Fsp3) is 0.316. The quantitative estimate of drug-likeness (QED) is 0.907. The molecule has 2 rings (SSSR count). The lowest BCUT2D eigenvalue weighted by molar-refractivity contribution is 0.0587. The molecule has 0 radical (unpaired) electrons. The number of aliphatic hydroxyl groups excluding tert-OH is 1. The highest BCUT2D eigenvalue weighted by Gasteiger charge is 2.23. The van der Waals surface area contributed by atoms with Gasteiger partial charge in [0.2, 0.25) is 0 Å². The topological polar surface area (TPSA) is 49.3 Å². The molecule has 3 heteroatoms. The van der Waals surface area contributed by atoms with Crippen molar-refractivity contribution in [3.05, 3.63) is 60.2 Å². The van der Waals surface area contributed by atoms with E-state index in [0.29, 0.717) is 5.56 Å². The van der Waals surface area contributed by atoms with Crippen LogP contribution in [0.3, 0.4) is 0 Å². The van der Waals surface area contributed by atoms with Crippen LogP contribution in [0.2, 0.25) is 0 Å². The summed E-state index contributed by atoms with van der Waals surface area (Å²) < 4.78 is 0. The number of hydrogen-bond acceptors (Lipinski definition) is 2. The Kier molecular flexibility index (Phi) is 4.99. The van der Waals surface area contributed by atoms with E-state index in [1.54, 1.807) is 6.07 Å². The van der Waals surface area contributed by atoms with E-state index >= 15 is 0 Å². The van der Waals surface area contributed by atoms with Crippen LogP contribution in [0.5, 0.6) is 0 Å². The maximum Gasteiger partial charge on any atom is 0.252 e. The molecule has 0 saturated heterocycles. The van der Waals surface area contributed by atoms with Gasteiger partial charge in [-0.2, -0.15) is 0 Å². The van der Waals surface area contributed by atoms with Crippen LogP contribution in [0, 0.1) is 5.41 Å². The van der Waals surface area contributed by atoms with Gasteiger partial charge in [0, 0.05) is 12.1 Å². The Balaban J connectivity index is 2.18. The molecule has 2 aromatic rings. The lowest BCUT2D eigenvalue weighted by atomic mass is 9.89. The molecular formula is C19H23NO2. The Hall–Kier alpha value is -2.13. The van der Waals surface area contributed by atoms with Crippen molar-refractivity contribution in [2.75, 3.05) is 6.54 Å². The van der Waals surface area contributed by atoms with Gasteiger partial charge < -0.3 is 10.4 Å². The average molecular weight is 297 g/mol. The molecule has 1 unspecified atom stereocenters. The second-order valence-electron chi connectivity index (χ2n) is 6.50. The molecule has 0 bridgehead atoms. The molecule has 1 atom stereocenters. The monoisotopic (exact) mass is 297 g/mol. The Labute approximate surface area is 132 Å². The summed E-state index contributed by atoms with van der Waals surface area (Å²) in [5, 5.41) is 12.9. The zero-order valence-electron chi connectivity index (χ0n) is 13.3. The minimum atomic E-state index is -0.583. The van der Waals surface area contributed by atoms with Crippen molar-refractivity contribution in [1.82, 2.24) is 5.32 Å². The number of amides is 1. The summed E-state index contributed by atoms with van der Waals surface area (Å²) >= 11 is 0. The highest BCUT2D eigenvalue weighted by Crippen LogP contribution is 2.23. The van der Waals surface area contributed by atoms with Gasteiger partial charge in [0.05, 0.1) is 6.10 Å². The Morgan fingerprint density at radius 3 is 2.27 bits per heavy atom. The van der Waals surface area contributed by atoms with Gasteiger partial charge in [0.15, 0.2) is 0 Å². The van der Waals surface area contributed by atoms with E-state index in [1.165, 1.54) is 0 Å². The van der Waals surface area contributed by atoms with Crippen molar-refractivity contribution in [2.45, 2.75) is 26.9 Å². The predicted molar refractivity (Wildman–Crippen MR) is 89.7 cm³/mol. The smallest absolute Gasteiger partial charge is 0.252 e. The molecule has 116 valence electrons. The molecule has 2 N–H and O–H groups in total. The fourth-order valence-electron chi connectivity index (χ4n) is 2.14. The van der Waals surface area contributed by atoms with Crippen molar-refractivity contribution in [1.29, 1.82) is 0 Å². The molecule has 0 aliphatic heterocycles. The van der Waals surface area contributed by atoms with E-state index < -0.39 is 6.10 Å². The molecule has 0 aliphatic carbocycles. The van der Waals surface area contributed by atoms with Gasteiger partial charge in [-0.1, -0.05) is 69.3 Å². The summed E-state index contributed by atoms with van der Waals surface area (Å²) in [7, 11) is 0. The average Bonchev–Trinajstić information content (AvgIpc) is 2.52. The minimum Gasteiger partial charge on any atom is -0.391 e. The molecule has 2 aromatic carbocycles. The number of rotatable bonds is 4. The molecule has 1 amide bonds. The highest BCUT2D eigenvalue weighted by molar-refractivity contribution is 6.00. The Bertz CT molecular complexity index is 629. The third-order valence-corrected chi connectivity index (χ3v) is 3.71. The summed E-state index contributed by atoms with van der Waals surface area (Å²) in [4.78, 5) is 12.4. The second-order valence-corrected chi connectivity index (χ2v) is 6.50. The van der Waals surface area contributed by atoms with E-state index in [0.717, 1.165) is 11.1 Å². The van der Waals surface area contributed by atoms with Crippen molar-refractivity contribution >= 4 is 5.91 Å². The molecule has 0 saturated carbocycles. The minimum absolute atomic E-state index is 0.164. The fourth-order valence-corrected chi connectivity index (χ4v) is 2.14. The van der Waals surface area contributed by atoms with Gasteiger partial charge in [-0.3, -0.25) is 4.79 Å². The largest absolute Gasteiger partial charge is 0.391 e. The Morgan fingerprint density at radius 1 is 1.05 bits per heavy atom. The van der Waals surface area contributed by atoms with Crippen LogP contribution in [0.15, 0.2) is 54.6 Å². The van der Waals surface area contributed by atoms with Gasteiger partial charge in [0.1, 0.15) is 0 Å². The number of nitrogens with one attached hydrogen (secondary N) is 1. The number of carbonyl (C=O) groups excluding carboxylic acids is 1. The van der Waals surface area contributed by atoms with Crippen LogP contribution in [0.1, 0.15) is 31.1 Å². The zero-order chi connectivity index (χ0) is 16.2. The number of hydrogen-bond donors (Lipinski definition) is 2. The first-order valence-electron chi connectivity index (χ1n) is 7.50. The molecular weight excluding hydrogens is 274 g/mol. The summed E-state index contributed by atoms with van der Waals surface area (Å²) in [6.45, 7) is 6.08. The number of carbonyl (C=O) groups is 1. The van der Waals surface area contributed by atoms with E-state index in [4.69, 9.17) is 0 Å². The normalized spacial score (nSPS) is 12.7. The van der Waals surface area contributed by atoms with Crippen molar-refractivity contribution < 1.29 is 9.90 Å². The van der Waals surface area contributed by atoms with Crippen LogP contribution in [0.25, 0.3) is 11.1 Å². The van der Waals surface area contributed by atoms with Crippen molar-refractivity contribution in [2.24, 2.45) is 5.41 Å². The van der Waals surface area contributed by atoms with E-state index in [1.807, 2.05) is 69.3 Å². The number of aliphatic hydroxyl groups is 1. The second kappa shape index (κ2) is 6.75. The first kappa shape index (κ1) is 16.2. The first-order chi connectivity index (χ1) is 10.4. The summed E-state index contributed by atoms with van der Waals surface area (Å²) in [5.41, 5.74) is 2.26. The molecule has 0 heterocycles. The molecule has 3 nitrogen and oxygen atoms in total. The first-order valence-corrected chi connectivity index (χ1v) is 7.50. The maximum absolute atomic E-state index is 12.4. The lowest BCUT2D eigenvalue weighted by Crippen LogP contribution is -2.39. The molecule has 0 aliphatic rings. The third-order valence-electron chi connectivity index (χ3n) is 3.71. The van der Waals surface area contributed by atoms with E-state index in [-0.39, 0.29) is 17.9 Å². The van der Waals surface area contributed by atoms with Gasteiger partial charge in [0.25, 0.3) is 5.91 Å².